The van der Waals surface area contributed by atoms with Crippen molar-refractivity contribution in [2.75, 3.05) is 5.32 Å². The molecule has 0 fully saturated rings. The van der Waals surface area contributed by atoms with Crippen LogP contribution in [-0.4, -0.2) is 6.03 Å². The van der Waals surface area contributed by atoms with Crippen LogP contribution < -0.4 is 10.6 Å². The van der Waals surface area contributed by atoms with E-state index in [0.29, 0.717) is 5.56 Å². The van der Waals surface area contributed by atoms with E-state index in [-0.39, 0.29) is 18.5 Å². The molecule has 3 nitrogen and oxygen atoms in total. The molecular formula is C18H20F2N2O. The van der Waals surface area contributed by atoms with Gasteiger partial charge in [-0.1, -0.05) is 38.1 Å². The van der Waals surface area contributed by atoms with Crippen molar-refractivity contribution in [1.82, 2.24) is 5.32 Å². The van der Waals surface area contributed by atoms with Crippen molar-refractivity contribution in [2.24, 2.45) is 0 Å². The van der Waals surface area contributed by atoms with Crippen LogP contribution in [0.4, 0.5) is 19.3 Å². The molecule has 122 valence electrons. The van der Waals surface area contributed by atoms with Gasteiger partial charge in [-0.2, -0.15) is 0 Å². The summed E-state index contributed by atoms with van der Waals surface area (Å²) in [6, 6.07) is 9.03. The Kier molecular flexibility index (Phi) is 5.32. The molecule has 23 heavy (non-hydrogen) atoms. The first-order valence-electron chi connectivity index (χ1n) is 7.46. The molecule has 0 heterocycles. The Labute approximate surface area is 134 Å². The first-order chi connectivity index (χ1) is 10.9. The van der Waals surface area contributed by atoms with E-state index in [1.54, 1.807) is 0 Å². The quantitative estimate of drug-likeness (QED) is 0.841. The molecule has 0 radical (unpaired) electrons. The summed E-state index contributed by atoms with van der Waals surface area (Å²) >= 11 is 0. The van der Waals surface area contributed by atoms with Crippen molar-refractivity contribution < 1.29 is 13.6 Å². The van der Waals surface area contributed by atoms with Crippen LogP contribution in [0.15, 0.2) is 36.4 Å². The molecule has 0 atom stereocenters. The number of hydrogen-bond acceptors (Lipinski definition) is 1. The lowest BCUT2D eigenvalue weighted by Crippen LogP contribution is -2.29. The summed E-state index contributed by atoms with van der Waals surface area (Å²) in [6.07, 6.45) is 0. The highest BCUT2D eigenvalue weighted by Gasteiger charge is 2.12. The van der Waals surface area contributed by atoms with E-state index in [2.05, 4.69) is 24.5 Å². The van der Waals surface area contributed by atoms with E-state index in [1.807, 2.05) is 25.1 Å². The lowest BCUT2D eigenvalue weighted by molar-refractivity contribution is 0.251. The van der Waals surface area contributed by atoms with Gasteiger partial charge in [0.15, 0.2) is 11.6 Å². The Morgan fingerprint density at radius 1 is 1.13 bits per heavy atom. The molecule has 5 heteroatoms. The van der Waals surface area contributed by atoms with Crippen LogP contribution in [0.5, 0.6) is 0 Å². The molecule has 2 N–H and O–H groups in total. The molecule has 2 amide bonds. The SMILES string of the molecule is Cc1cccc(C(C)C)c1NC(=O)NCc1ccc(F)c(F)c1. The van der Waals surface area contributed by atoms with Crippen LogP contribution in [-0.2, 0) is 6.54 Å². The summed E-state index contributed by atoms with van der Waals surface area (Å²) in [6.45, 7) is 6.15. The number of rotatable bonds is 4. The van der Waals surface area contributed by atoms with Crippen molar-refractivity contribution in [3.8, 4) is 0 Å². The van der Waals surface area contributed by atoms with Crippen LogP contribution in [0.2, 0.25) is 0 Å². The normalized spacial score (nSPS) is 10.7. The average molecular weight is 318 g/mol. The fourth-order valence-corrected chi connectivity index (χ4v) is 2.33. The summed E-state index contributed by atoms with van der Waals surface area (Å²) in [5.74, 6) is -1.55. The van der Waals surface area contributed by atoms with E-state index in [9.17, 15) is 13.6 Å². The van der Waals surface area contributed by atoms with Crippen molar-refractivity contribution in [3.05, 3.63) is 64.7 Å². The van der Waals surface area contributed by atoms with Crippen molar-refractivity contribution >= 4 is 11.7 Å². The fourth-order valence-electron chi connectivity index (χ4n) is 2.33. The second-order valence-corrected chi connectivity index (χ2v) is 5.75. The zero-order chi connectivity index (χ0) is 17.0. The van der Waals surface area contributed by atoms with Gasteiger partial charge in [-0.15, -0.1) is 0 Å². The second kappa shape index (κ2) is 7.22. The van der Waals surface area contributed by atoms with Crippen LogP contribution in [0, 0.1) is 18.6 Å². The third-order valence-electron chi connectivity index (χ3n) is 3.60. The molecule has 0 aromatic heterocycles. The third kappa shape index (κ3) is 4.28. The summed E-state index contributed by atoms with van der Waals surface area (Å²) in [5, 5.41) is 5.49. The molecule has 0 aliphatic heterocycles. The third-order valence-corrected chi connectivity index (χ3v) is 3.60. The number of amides is 2. The molecule has 0 bridgehead atoms. The number of nitrogens with one attached hydrogen (secondary N) is 2. The Bertz CT molecular complexity index is 714. The zero-order valence-corrected chi connectivity index (χ0v) is 13.4. The molecule has 0 unspecified atom stereocenters. The topological polar surface area (TPSA) is 41.1 Å². The van der Waals surface area contributed by atoms with Gasteiger partial charge in [0.05, 0.1) is 0 Å². The van der Waals surface area contributed by atoms with Gasteiger partial charge in [0.2, 0.25) is 0 Å². The largest absolute Gasteiger partial charge is 0.334 e. The van der Waals surface area contributed by atoms with Gasteiger partial charge in [-0.3, -0.25) is 0 Å². The molecule has 2 rings (SSSR count). The molecule has 0 aliphatic carbocycles. The number of carbonyl (C=O) groups excluding carboxylic acids is 1. The van der Waals surface area contributed by atoms with Crippen LogP contribution >= 0.6 is 0 Å². The number of hydrogen-bond donors (Lipinski definition) is 2. The fraction of sp³-hybridized carbons (Fsp3) is 0.278. The van der Waals surface area contributed by atoms with Gasteiger partial charge in [-0.05, 0) is 41.7 Å². The zero-order valence-electron chi connectivity index (χ0n) is 13.4. The molecule has 0 saturated carbocycles. The summed E-state index contributed by atoms with van der Waals surface area (Å²) in [4.78, 5) is 12.1. The minimum absolute atomic E-state index is 0.117. The van der Waals surface area contributed by atoms with E-state index in [0.717, 1.165) is 28.9 Å². The number of benzene rings is 2. The lowest BCUT2D eigenvalue weighted by Gasteiger charge is -2.17. The maximum absolute atomic E-state index is 13.1. The molecule has 0 saturated heterocycles. The maximum Gasteiger partial charge on any atom is 0.319 e. The van der Waals surface area contributed by atoms with Crippen molar-refractivity contribution in [1.29, 1.82) is 0 Å². The molecular weight excluding hydrogens is 298 g/mol. The summed E-state index contributed by atoms with van der Waals surface area (Å²) in [5.41, 5.74) is 3.30. The highest BCUT2D eigenvalue weighted by Crippen LogP contribution is 2.27. The van der Waals surface area contributed by atoms with Crippen LogP contribution in [0.25, 0.3) is 0 Å². The Hall–Kier alpha value is -2.43. The van der Waals surface area contributed by atoms with Crippen molar-refractivity contribution in [3.63, 3.8) is 0 Å². The minimum Gasteiger partial charge on any atom is -0.334 e. The Balaban J connectivity index is 2.04. The Morgan fingerprint density at radius 2 is 1.87 bits per heavy atom. The van der Waals surface area contributed by atoms with Crippen LogP contribution in [0.3, 0.4) is 0 Å². The van der Waals surface area contributed by atoms with E-state index >= 15 is 0 Å². The monoisotopic (exact) mass is 318 g/mol. The molecule has 2 aromatic rings. The van der Waals surface area contributed by atoms with Gasteiger partial charge in [0.25, 0.3) is 0 Å². The van der Waals surface area contributed by atoms with Gasteiger partial charge < -0.3 is 10.6 Å². The van der Waals surface area contributed by atoms with E-state index in [1.165, 1.54) is 6.07 Å². The maximum atomic E-state index is 13.1. The smallest absolute Gasteiger partial charge is 0.319 e. The molecule has 2 aromatic carbocycles. The van der Waals surface area contributed by atoms with Gasteiger partial charge in [0, 0.05) is 12.2 Å². The molecule has 0 spiro atoms. The number of aryl methyl sites for hydroxylation is 1. The lowest BCUT2D eigenvalue weighted by atomic mass is 9.98. The number of para-hydroxylation sites is 1. The predicted octanol–water partition coefficient (Wildman–Crippen LogP) is 4.72. The van der Waals surface area contributed by atoms with Gasteiger partial charge in [-0.25, -0.2) is 13.6 Å². The second-order valence-electron chi connectivity index (χ2n) is 5.75. The highest BCUT2D eigenvalue weighted by molar-refractivity contribution is 5.91. The average Bonchev–Trinajstić information content (AvgIpc) is 2.50. The standard InChI is InChI=1S/C18H20F2N2O/c1-11(2)14-6-4-5-12(3)17(14)22-18(23)21-10-13-7-8-15(19)16(20)9-13/h4-9,11H,10H2,1-3H3,(H2,21,22,23). The predicted molar refractivity (Wildman–Crippen MR) is 87.5 cm³/mol. The number of carbonyl (C=O) groups is 1. The number of anilines is 1. The van der Waals surface area contributed by atoms with Crippen LogP contribution in [0.1, 0.15) is 36.5 Å². The van der Waals surface area contributed by atoms with E-state index < -0.39 is 11.6 Å². The number of urea groups is 1. The Morgan fingerprint density at radius 3 is 2.52 bits per heavy atom. The first kappa shape index (κ1) is 16.9. The summed E-state index contributed by atoms with van der Waals surface area (Å²) < 4.78 is 26.0. The first-order valence-corrected chi connectivity index (χ1v) is 7.46. The van der Waals surface area contributed by atoms with E-state index in [4.69, 9.17) is 0 Å². The van der Waals surface area contributed by atoms with Crippen molar-refractivity contribution in [2.45, 2.75) is 33.2 Å². The summed E-state index contributed by atoms with van der Waals surface area (Å²) in [7, 11) is 0. The molecule has 0 aliphatic rings. The minimum atomic E-state index is -0.925. The van der Waals surface area contributed by atoms with Gasteiger partial charge in [0.1, 0.15) is 0 Å². The number of halogens is 2. The highest BCUT2D eigenvalue weighted by atomic mass is 19.2. The van der Waals surface area contributed by atoms with Gasteiger partial charge >= 0.3 is 6.03 Å².